The average molecular weight is 293 g/mol. The minimum Gasteiger partial charge on any atom is -0.493 e. The third-order valence-electron chi connectivity index (χ3n) is 3.88. The summed E-state index contributed by atoms with van der Waals surface area (Å²) in [4.78, 5) is 0. The van der Waals surface area contributed by atoms with E-state index >= 15 is 0 Å². The number of hydrogen-bond donors (Lipinski definition) is 0. The number of rotatable bonds is 7. The first kappa shape index (κ1) is 16.1. The van der Waals surface area contributed by atoms with Gasteiger partial charge in [-0.3, -0.25) is 0 Å². The van der Waals surface area contributed by atoms with Gasteiger partial charge in [-0.05, 0) is 43.4 Å². The molecule has 2 nitrogen and oxygen atoms in total. The highest BCUT2D eigenvalue weighted by atomic mass is 16.5. The molecular weight excluding hydrogens is 270 g/mol. The van der Waals surface area contributed by atoms with E-state index < -0.39 is 0 Å². The summed E-state index contributed by atoms with van der Waals surface area (Å²) in [6, 6.07) is 18.8. The van der Waals surface area contributed by atoms with Crippen LogP contribution < -0.4 is 4.74 Å². The van der Waals surface area contributed by atoms with Gasteiger partial charge in [-0.15, -0.1) is 0 Å². The molecule has 1 atom stereocenters. The summed E-state index contributed by atoms with van der Waals surface area (Å²) in [7, 11) is 0. The minimum absolute atomic E-state index is 0.0504. The molecular formula is C20H23NO. The minimum atomic E-state index is -0.0504. The number of aryl methyl sites for hydroxylation is 2. The quantitative estimate of drug-likeness (QED) is 0.671. The molecule has 2 heteroatoms. The number of ether oxygens (including phenoxy) is 1. The van der Waals surface area contributed by atoms with Crippen LogP contribution in [0.2, 0.25) is 0 Å². The monoisotopic (exact) mass is 293 g/mol. The zero-order valence-corrected chi connectivity index (χ0v) is 13.4. The molecule has 0 aliphatic carbocycles. The van der Waals surface area contributed by atoms with E-state index in [4.69, 9.17) is 4.74 Å². The lowest BCUT2D eigenvalue weighted by Crippen LogP contribution is -2.03. The normalized spacial score (nSPS) is 11.7. The van der Waals surface area contributed by atoms with E-state index in [-0.39, 0.29) is 5.92 Å². The van der Waals surface area contributed by atoms with Crippen molar-refractivity contribution in [3.8, 4) is 11.8 Å². The zero-order chi connectivity index (χ0) is 15.8. The van der Waals surface area contributed by atoms with Crippen LogP contribution in [0.25, 0.3) is 0 Å². The first-order valence-corrected chi connectivity index (χ1v) is 7.91. The number of para-hydroxylation sites is 1. The highest BCUT2D eigenvalue weighted by molar-refractivity contribution is 5.33. The maximum atomic E-state index is 9.36. The molecule has 0 spiro atoms. The number of nitrogens with zero attached hydrogens (tertiary/aromatic N) is 1. The molecule has 0 saturated heterocycles. The molecule has 0 aromatic heterocycles. The van der Waals surface area contributed by atoms with Crippen molar-refractivity contribution in [1.29, 1.82) is 5.26 Å². The van der Waals surface area contributed by atoms with E-state index in [2.05, 4.69) is 50.2 Å². The summed E-state index contributed by atoms with van der Waals surface area (Å²) in [6.45, 7) is 4.84. The van der Waals surface area contributed by atoms with Gasteiger partial charge < -0.3 is 4.74 Å². The Labute approximate surface area is 133 Å². The van der Waals surface area contributed by atoms with Crippen LogP contribution in [0.3, 0.4) is 0 Å². The molecule has 0 aliphatic rings. The van der Waals surface area contributed by atoms with Gasteiger partial charge in [-0.25, -0.2) is 0 Å². The van der Waals surface area contributed by atoms with Crippen molar-refractivity contribution in [2.75, 3.05) is 6.61 Å². The third kappa shape index (κ3) is 4.36. The number of hydrogen-bond acceptors (Lipinski definition) is 2. The van der Waals surface area contributed by atoms with Gasteiger partial charge in [0.2, 0.25) is 0 Å². The zero-order valence-electron chi connectivity index (χ0n) is 13.4. The molecule has 2 aromatic rings. The van der Waals surface area contributed by atoms with Crippen molar-refractivity contribution in [3.63, 3.8) is 0 Å². The molecule has 1 unspecified atom stereocenters. The molecule has 0 bridgehead atoms. The van der Waals surface area contributed by atoms with Gasteiger partial charge in [0.25, 0.3) is 0 Å². The highest BCUT2D eigenvalue weighted by Crippen LogP contribution is 2.22. The van der Waals surface area contributed by atoms with E-state index in [1.165, 1.54) is 11.1 Å². The fourth-order valence-corrected chi connectivity index (χ4v) is 2.51. The fraction of sp³-hybridized carbons (Fsp3) is 0.350. The van der Waals surface area contributed by atoms with Crippen molar-refractivity contribution in [2.45, 2.75) is 39.0 Å². The van der Waals surface area contributed by atoms with Gasteiger partial charge in [0.1, 0.15) is 5.75 Å². The second kappa shape index (κ2) is 8.24. The molecule has 0 amide bonds. The number of nitriles is 1. The lowest BCUT2D eigenvalue weighted by Gasteiger charge is -2.12. The first-order chi connectivity index (χ1) is 10.7. The maximum absolute atomic E-state index is 9.36. The summed E-state index contributed by atoms with van der Waals surface area (Å²) in [6.07, 6.45) is 2.68. The van der Waals surface area contributed by atoms with E-state index in [0.717, 1.165) is 30.6 Å². The standard InChI is InChI=1S/C20H23NO/c1-3-17-7-4-5-9-20(17)22-14-6-8-19(15-21)18-12-10-16(2)11-13-18/h4-5,7,9-13,19H,3,6,8,14H2,1-2H3. The number of benzene rings is 2. The van der Waals surface area contributed by atoms with Crippen molar-refractivity contribution in [1.82, 2.24) is 0 Å². The lowest BCUT2D eigenvalue weighted by atomic mass is 9.95. The Hall–Kier alpha value is -2.27. The molecule has 0 heterocycles. The summed E-state index contributed by atoms with van der Waals surface area (Å²) in [5.41, 5.74) is 3.56. The van der Waals surface area contributed by atoms with Crippen LogP contribution in [0.4, 0.5) is 0 Å². The molecule has 22 heavy (non-hydrogen) atoms. The second-order valence-corrected chi connectivity index (χ2v) is 5.54. The Morgan fingerprint density at radius 3 is 2.50 bits per heavy atom. The SMILES string of the molecule is CCc1ccccc1OCCCC(C#N)c1ccc(C)cc1. The van der Waals surface area contributed by atoms with Gasteiger partial charge in [0.05, 0.1) is 18.6 Å². The Kier molecular flexibility index (Phi) is 6.03. The largest absolute Gasteiger partial charge is 0.493 e. The van der Waals surface area contributed by atoms with Gasteiger partial charge in [-0.1, -0.05) is 55.0 Å². The van der Waals surface area contributed by atoms with E-state index in [0.29, 0.717) is 6.61 Å². The molecule has 0 radical (unpaired) electrons. The molecule has 0 fully saturated rings. The van der Waals surface area contributed by atoms with Crippen LogP contribution in [0.1, 0.15) is 42.4 Å². The smallest absolute Gasteiger partial charge is 0.122 e. The highest BCUT2D eigenvalue weighted by Gasteiger charge is 2.10. The Morgan fingerprint density at radius 2 is 1.82 bits per heavy atom. The van der Waals surface area contributed by atoms with Gasteiger partial charge in [0, 0.05) is 0 Å². The van der Waals surface area contributed by atoms with Crippen molar-refractivity contribution in [3.05, 3.63) is 65.2 Å². The second-order valence-electron chi connectivity index (χ2n) is 5.54. The summed E-state index contributed by atoms with van der Waals surface area (Å²) in [5, 5.41) is 9.36. The van der Waals surface area contributed by atoms with Crippen molar-refractivity contribution < 1.29 is 4.74 Å². The fourth-order valence-electron chi connectivity index (χ4n) is 2.51. The topological polar surface area (TPSA) is 33.0 Å². The van der Waals surface area contributed by atoms with E-state index in [1.54, 1.807) is 0 Å². The molecule has 114 valence electrons. The maximum Gasteiger partial charge on any atom is 0.122 e. The van der Waals surface area contributed by atoms with Gasteiger partial charge >= 0.3 is 0 Å². The van der Waals surface area contributed by atoms with Crippen LogP contribution in [0.15, 0.2) is 48.5 Å². The Morgan fingerprint density at radius 1 is 1.09 bits per heavy atom. The van der Waals surface area contributed by atoms with Crippen molar-refractivity contribution >= 4 is 0 Å². The van der Waals surface area contributed by atoms with E-state index in [1.807, 2.05) is 18.2 Å². The molecule has 0 saturated carbocycles. The van der Waals surface area contributed by atoms with Crippen LogP contribution in [0, 0.1) is 18.3 Å². The van der Waals surface area contributed by atoms with Crippen LogP contribution in [0.5, 0.6) is 5.75 Å². The average Bonchev–Trinajstić information content (AvgIpc) is 2.56. The lowest BCUT2D eigenvalue weighted by molar-refractivity contribution is 0.302. The van der Waals surface area contributed by atoms with E-state index in [9.17, 15) is 5.26 Å². The van der Waals surface area contributed by atoms with Gasteiger partial charge in [0.15, 0.2) is 0 Å². The predicted molar refractivity (Wildman–Crippen MR) is 90.1 cm³/mol. The van der Waals surface area contributed by atoms with Crippen LogP contribution in [-0.2, 0) is 6.42 Å². The molecule has 0 N–H and O–H groups in total. The van der Waals surface area contributed by atoms with Crippen molar-refractivity contribution in [2.24, 2.45) is 0 Å². The third-order valence-corrected chi connectivity index (χ3v) is 3.88. The summed E-state index contributed by atoms with van der Waals surface area (Å²) < 4.78 is 5.87. The summed E-state index contributed by atoms with van der Waals surface area (Å²) >= 11 is 0. The summed E-state index contributed by atoms with van der Waals surface area (Å²) in [5.74, 6) is 0.916. The Balaban J connectivity index is 1.84. The Bertz CT molecular complexity index is 625. The van der Waals surface area contributed by atoms with Crippen LogP contribution in [-0.4, -0.2) is 6.61 Å². The first-order valence-electron chi connectivity index (χ1n) is 7.91. The predicted octanol–water partition coefficient (Wildman–Crippen LogP) is 5.02. The van der Waals surface area contributed by atoms with Crippen LogP contribution >= 0.6 is 0 Å². The molecule has 2 aromatic carbocycles. The molecule has 2 rings (SSSR count). The molecule has 0 aliphatic heterocycles. The van der Waals surface area contributed by atoms with Gasteiger partial charge in [-0.2, -0.15) is 5.26 Å².